The van der Waals surface area contributed by atoms with E-state index in [1.165, 1.54) is 12.1 Å². The normalized spacial score (nSPS) is 11.7. The Kier molecular flexibility index (Phi) is 6.32. The number of hydrogen-bond donors (Lipinski definition) is 3. The van der Waals surface area contributed by atoms with E-state index < -0.39 is 33.7 Å². The quantitative estimate of drug-likeness (QED) is 0.356. The van der Waals surface area contributed by atoms with Crippen molar-refractivity contribution < 1.29 is 29.5 Å². The fraction of sp³-hybridized carbons (Fsp3) is 0.500. The molecule has 0 aromatic heterocycles. The van der Waals surface area contributed by atoms with Gasteiger partial charge >= 0.3 is 11.9 Å². The van der Waals surface area contributed by atoms with Crippen LogP contribution in [0.25, 0.3) is 0 Å². The van der Waals surface area contributed by atoms with Crippen molar-refractivity contribution >= 4 is 23.5 Å². The maximum absolute atomic E-state index is 12.2. The molecule has 9 nitrogen and oxygen atoms in total. The van der Waals surface area contributed by atoms with Crippen LogP contribution in [-0.2, 0) is 19.8 Å². The molecule has 1 aromatic carbocycles. The lowest BCUT2D eigenvalue weighted by Gasteiger charge is -2.45. The molecule has 0 unspecified atom stereocenters. The van der Waals surface area contributed by atoms with Crippen LogP contribution in [0.2, 0.25) is 0 Å². The van der Waals surface area contributed by atoms with Crippen molar-refractivity contribution in [1.29, 1.82) is 0 Å². The molecule has 1 amide bonds. The van der Waals surface area contributed by atoms with Crippen LogP contribution in [0.15, 0.2) is 12.1 Å². The second-order valence-electron chi connectivity index (χ2n) is 6.49. The summed E-state index contributed by atoms with van der Waals surface area (Å²) < 4.78 is 0. The number of rotatable bonds is 8. The third kappa shape index (κ3) is 3.24. The van der Waals surface area contributed by atoms with Crippen LogP contribution in [0.1, 0.15) is 50.3 Å². The van der Waals surface area contributed by atoms with Crippen LogP contribution in [0.4, 0.5) is 5.69 Å². The van der Waals surface area contributed by atoms with Crippen LogP contribution in [0, 0.1) is 24.0 Å². The average molecular weight is 380 g/mol. The number of carbonyl (C=O) groups is 3. The molecule has 0 aliphatic rings. The van der Waals surface area contributed by atoms with Gasteiger partial charge in [0.05, 0.1) is 4.92 Å². The third-order valence-corrected chi connectivity index (χ3v) is 5.32. The number of carboxylic acid groups (broad SMARTS) is 2. The van der Waals surface area contributed by atoms with Gasteiger partial charge < -0.3 is 15.5 Å². The summed E-state index contributed by atoms with van der Waals surface area (Å²) in [6.45, 7) is 7.39. The number of nitrogens with zero attached hydrogens (tertiary/aromatic N) is 1. The van der Waals surface area contributed by atoms with Gasteiger partial charge in [0.2, 0.25) is 11.4 Å². The van der Waals surface area contributed by atoms with Gasteiger partial charge in [0.25, 0.3) is 5.69 Å². The molecule has 0 saturated heterocycles. The average Bonchev–Trinajstić information content (AvgIpc) is 2.57. The zero-order valence-corrected chi connectivity index (χ0v) is 16.0. The minimum atomic E-state index is -2.77. The summed E-state index contributed by atoms with van der Waals surface area (Å²) in [7, 11) is 0. The van der Waals surface area contributed by atoms with E-state index in [-0.39, 0.29) is 24.1 Å². The van der Waals surface area contributed by atoms with Crippen molar-refractivity contribution in [3.8, 4) is 0 Å². The van der Waals surface area contributed by atoms with Crippen LogP contribution < -0.4 is 5.32 Å². The van der Waals surface area contributed by atoms with Crippen molar-refractivity contribution in [3.63, 3.8) is 0 Å². The molecule has 0 heterocycles. The molecule has 27 heavy (non-hydrogen) atoms. The Morgan fingerprint density at radius 3 is 1.93 bits per heavy atom. The van der Waals surface area contributed by atoms with E-state index in [0.717, 1.165) is 6.92 Å². The molecule has 148 valence electrons. The zero-order valence-electron chi connectivity index (χ0n) is 16.0. The van der Waals surface area contributed by atoms with Crippen LogP contribution in [-0.4, -0.2) is 38.5 Å². The number of hydrogen-bond acceptors (Lipinski definition) is 5. The van der Waals surface area contributed by atoms with Crippen molar-refractivity contribution in [3.05, 3.63) is 38.9 Å². The molecular formula is C18H24N2O7. The predicted molar refractivity (Wildman–Crippen MR) is 96.6 cm³/mol. The van der Waals surface area contributed by atoms with E-state index in [2.05, 4.69) is 5.32 Å². The molecule has 0 radical (unpaired) electrons. The second kappa shape index (κ2) is 7.73. The summed E-state index contributed by atoms with van der Waals surface area (Å²) in [5, 5.41) is 33.6. The molecule has 0 aliphatic heterocycles. The van der Waals surface area contributed by atoms with Gasteiger partial charge in [-0.1, -0.05) is 19.9 Å². The highest BCUT2D eigenvalue weighted by molar-refractivity contribution is 6.08. The minimum Gasteiger partial charge on any atom is -0.479 e. The molecule has 3 N–H and O–H groups in total. The second-order valence-corrected chi connectivity index (χ2v) is 6.49. The number of carboxylic acids is 2. The first-order valence-corrected chi connectivity index (χ1v) is 8.43. The van der Waals surface area contributed by atoms with E-state index in [0.29, 0.717) is 11.1 Å². The van der Waals surface area contributed by atoms with E-state index >= 15 is 0 Å². The van der Waals surface area contributed by atoms with Crippen molar-refractivity contribution in [2.75, 3.05) is 0 Å². The maximum Gasteiger partial charge on any atom is 0.342 e. The first kappa shape index (κ1) is 22.1. The van der Waals surface area contributed by atoms with Crippen molar-refractivity contribution in [2.45, 2.75) is 58.4 Å². The van der Waals surface area contributed by atoms with Gasteiger partial charge in [-0.25, -0.2) is 9.59 Å². The van der Waals surface area contributed by atoms with E-state index in [4.69, 9.17) is 0 Å². The molecule has 1 aromatic rings. The zero-order chi connectivity index (χ0) is 21.2. The highest BCUT2D eigenvalue weighted by Crippen LogP contribution is 2.48. The molecule has 0 saturated carbocycles. The number of aryl methyl sites for hydroxylation is 1. The summed E-state index contributed by atoms with van der Waals surface area (Å²) in [4.78, 5) is 47.3. The highest BCUT2D eigenvalue weighted by atomic mass is 16.6. The van der Waals surface area contributed by atoms with Crippen LogP contribution >= 0.6 is 0 Å². The van der Waals surface area contributed by atoms with E-state index in [1.54, 1.807) is 27.7 Å². The Hall–Kier alpha value is -2.97. The molecule has 0 spiro atoms. The molecule has 0 atom stereocenters. The lowest BCUT2D eigenvalue weighted by molar-refractivity contribution is -0.386. The van der Waals surface area contributed by atoms with Crippen LogP contribution in [0.5, 0.6) is 0 Å². The fourth-order valence-corrected chi connectivity index (χ4v) is 3.87. The number of nitrogens with one attached hydrogen (secondary N) is 1. The number of aliphatic carboxylic acids is 2. The lowest BCUT2D eigenvalue weighted by Crippen LogP contribution is -2.71. The van der Waals surface area contributed by atoms with E-state index in [1.807, 2.05) is 0 Å². The van der Waals surface area contributed by atoms with Crippen LogP contribution in [0.3, 0.4) is 0 Å². The first-order chi connectivity index (χ1) is 12.4. The maximum atomic E-state index is 12.2. The predicted octanol–water partition coefficient (Wildman–Crippen LogP) is 2.31. The van der Waals surface area contributed by atoms with Gasteiger partial charge in [0, 0.05) is 24.0 Å². The first-order valence-electron chi connectivity index (χ1n) is 8.43. The fourth-order valence-electron chi connectivity index (χ4n) is 3.87. The smallest absolute Gasteiger partial charge is 0.342 e. The number of nitro groups is 1. The monoisotopic (exact) mass is 380 g/mol. The van der Waals surface area contributed by atoms with Gasteiger partial charge in [-0.3, -0.25) is 14.9 Å². The molecule has 0 bridgehead atoms. The summed E-state index contributed by atoms with van der Waals surface area (Å²) >= 11 is 0. The van der Waals surface area contributed by atoms with Crippen molar-refractivity contribution in [2.24, 2.45) is 0 Å². The number of amides is 1. The Labute approximate surface area is 156 Å². The van der Waals surface area contributed by atoms with Gasteiger partial charge in [-0.2, -0.15) is 0 Å². The summed E-state index contributed by atoms with van der Waals surface area (Å²) in [5.41, 5.74) is -3.82. The minimum absolute atomic E-state index is 0.0102. The highest BCUT2D eigenvalue weighted by Gasteiger charge is 2.64. The standard InChI is InChI=1S/C18H24N2O7/c1-6-17(7-2,18(15(22)23,16(24)25)19-12(5)21)14-11(4)10(3)8-9-13(14)20(26)27/h8-9H,6-7H2,1-5H3,(H,19,21)(H,22,23)(H,24,25). The summed E-state index contributed by atoms with van der Waals surface area (Å²) in [5.74, 6) is -4.44. The Morgan fingerprint density at radius 2 is 1.59 bits per heavy atom. The lowest BCUT2D eigenvalue weighted by atomic mass is 9.59. The Morgan fingerprint density at radius 1 is 1.11 bits per heavy atom. The topological polar surface area (TPSA) is 147 Å². The summed E-state index contributed by atoms with van der Waals surface area (Å²) in [6, 6.07) is 2.76. The van der Waals surface area contributed by atoms with E-state index in [9.17, 15) is 34.7 Å². The number of benzene rings is 1. The van der Waals surface area contributed by atoms with Gasteiger partial charge in [0.15, 0.2) is 0 Å². The van der Waals surface area contributed by atoms with Gasteiger partial charge in [-0.15, -0.1) is 0 Å². The molecule has 0 fully saturated rings. The SMILES string of the molecule is CCC(CC)(c1c([N+](=O)[O-])ccc(C)c1C)C(NC(C)=O)(C(=O)O)C(=O)O. The number of nitro benzene ring substituents is 1. The van der Waals surface area contributed by atoms with Crippen molar-refractivity contribution in [1.82, 2.24) is 5.32 Å². The molecular weight excluding hydrogens is 356 g/mol. The third-order valence-electron chi connectivity index (χ3n) is 5.32. The molecule has 9 heteroatoms. The number of carbonyl (C=O) groups excluding carboxylic acids is 1. The van der Waals surface area contributed by atoms with Gasteiger partial charge in [-0.05, 0) is 37.8 Å². The molecule has 0 aliphatic carbocycles. The van der Waals surface area contributed by atoms with Gasteiger partial charge in [0.1, 0.15) is 0 Å². The Bertz CT molecular complexity index is 783. The summed E-state index contributed by atoms with van der Waals surface area (Å²) in [6.07, 6.45) is -0.124. The largest absolute Gasteiger partial charge is 0.479 e. The molecule has 1 rings (SSSR count). The Balaban J connectivity index is 4.20.